The summed E-state index contributed by atoms with van der Waals surface area (Å²) >= 11 is 0. The molecule has 0 saturated heterocycles. The summed E-state index contributed by atoms with van der Waals surface area (Å²) < 4.78 is 10.6. The molecule has 0 saturated carbocycles. The molecule has 1 aromatic heterocycles. The number of hydrogen-bond acceptors (Lipinski definition) is 6. The minimum absolute atomic E-state index is 0.0865. The molecule has 0 aliphatic heterocycles. The lowest BCUT2D eigenvalue weighted by Crippen LogP contribution is -2.15. The van der Waals surface area contributed by atoms with Gasteiger partial charge in [-0.1, -0.05) is 17.3 Å². The fourth-order valence-corrected chi connectivity index (χ4v) is 1.70. The van der Waals surface area contributed by atoms with E-state index in [4.69, 9.17) is 20.4 Å². The standard InChI is InChI=1S/C14H16N4O3/c1-20-9-7-10-2-4-11(5-3-10)21-14-12(13(15)18-19)6-8-16-17-14/h2-6,8,19H,7,9H2,1H3,(H2,15,18). The van der Waals surface area contributed by atoms with Gasteiger partial charge in [-0.15, -0.1) is 5.10 Å². The molecule has 0 amide bonds. The molecule has 0 spiro atoms. The Morgan fingerprint density at radius 1 is 1.29 bits per heavy atom. The quantitative estimate of drug-likeness (QED) is 0.362. The first-order valence-corrected chi connectivity index (χ1v) is 6.30. The van der Waals surface area contributed by atoms with E-state index in [1.165, 1.54) is 6.20 Å². The van der Waals surface area contributed by atoms with Crippen LogP contribution in [0.2, 0.25) is 0 Å². The molecule has 2 aromatic rings. The molecule has 21 heavy (non-hydrogen) atoms. The molecule has 110 valence electrons. The Labute approximate surface area is 122 Å². The van der Waals surface area contributed by atoms with E-state index in [1.54, 1.807) is 13.2 Å². The van der Waals surface area contributed by atoms with Crippen LogP contribution >= 0.6 is 0 Å². The normalized spacial score (nSPS) is 11.4. The van der Waals surface area contributed by atoms with E-state index in [9.17, 15) is 0 Å². The Bertz CT molecular complexity index is 614. The number of amidine groups is 1. The highest BCUT2D eigenvalue weighted by Gasteiger charge is 2.11. The molecule has 1 heterocycles. The predicted octanol–water partition coefficient (Wildman–Crippen LogP) is 1.55. The molecule has 7 heteroatoms. The van der Waals surface area contributed by atoms with Crippen LogP contribution in [0.4, 0.5) is 0 Å². The predicted molar refractivity (Wildman–Crippen MR) is 76.6 cm³/mol. The van der Waals surface area contributed by atoms with Gasteiger partial charge in [0.15, 0.2) is 5.84 Å². The number of nitrogens with zero attached hydrogens (tertiary/aromatic N) is 3. The number of methoxy groups -OCH3 is 1. The van der Waals surface area contributed by atoms with E-state index in [1.807, 2.05) is 24.3 Å². The van der Waals surface area contributed by atoms with Crippen molar-refractivity contribution in [1.82, 2.24) is 10.2 Å². The van der Waals surface area contributed by atoms with Crippen LogP contribution in [0.5, 0.6) is 11.6 Å². The first kappa shape index (κ1) is 14.7. The van der Waals surface area contributed by atoms with Gasteiger partial charge in [-0.3, -0.25) is 0 Å². The van der Waals surface area contributed by atoms with Crippen molar-refractivity contribution in [3.8, 4) is 11.6 Å². The van der Waals surface area contributed by atoms with Crippen LogP contribution in [0.3, 0.4) is 0 Å². The first-order chi connectivity index (χ1) is 10.2. The molecule has 0 unspecified atom stereocenters. The van der Waals surface area contributed by atoms with E-state index in [2.05, 4.69) is 15.4 Å². The van der Waals surface area contributed by atoms with Gasteiger partial charge in [0.1, 0.15) is 5.75 Å². The zero-order chi connectivity index (χ0) is 15.1. The highest BCUT2D eigenvalue weighted by atomic mass is 16.5. The van der Waals surface area contributed by atoms with Crippen molar-refractivity contribution in [3.05, 3.63) is 47.7 Å². The van der Waals surface area contributed by atoms with Gasteiger partial charge in [-0.25, -0.2) is 0 Å². The molecule has 0 aliphatic carbocycles. The summed E-state index contributed by atoms with van der Waals surface area (Å²) in [5.74, 6) is 0.678. The van der Waals surface area contributed by atoms with Crippen molar-refractivity contribution in [2.75, 3.05) is 13.7 Å². The van der Waals surface area contributed by atoms with Crippen molar-refractivity contribution in [2.45, 2.75) is 6.42 Å². The Morgan fingerprint density at radius 2 is 2.05 bits per heavy atom. The number of ether oxygens (including phenoxy) is 2. The summed E-state index contributed by atoms with van der Waals surface area (Å²) in [5.41, 5.74) is 7.08. The second-order valence-corrected chi connectivity index (χ2v) is 4.22. The van der Waals surface area contributed by atoms with Crippen molar-refractivity contribution < 1.29 is 14.7 Å². The monoisotopic (exact) mass is 288 g/mol. The van der Waals surface area contributed by atoms with Gasteiger partial charge in [0.05, 0.1) is 18.4 Å². The minimum atomic E-state index is -0.0865. The van der Waals surface area contributed by atoms with E-state index in [0.29, 0.717) is 17.9 Å². The van der Waals surface area contributed by atoms with Crippen LogP contribution < -0.4 is 10.5 Å². The molecule has 0 atom stereocenters. The molecular formula is C14H16N4O3. The maximum absolute atomic E-state index is 8.74. The molecule has 0 fully saturated rings. The van der Waals surface area contributed by atoms with Gasteiger partial charge in [-0.2, -0.15) is 5.10 Å². The average Bonchev–Trinajstić information content (AvgIpc) is 2.54. The summed E-state index contributed by atoms with van der Waals surface area (Å²) in [4.78, 5) is 0. The number of rotatable bonds is 6. The Morgan fingerprint density at radius 3 is 2.71 bits per heavy atom. The van der Waals surface area contributed by atoms with Crippen LogP contribution in [0.1, 0.15) is 11.1 Å². The molecule has 0 radical (unpaired) electrons. The number of aromatic nitrogens is 2. The van der Waals surface area contributed by atoms with Crippen molar-refractivity contribution in [2.24, 2.45) is 10.9 Å². The summed E-state index contributed by atoms with van der Waals surface area (Å²) in [6, 6.07) is 9.07. The zero-order valence-corrected chi connectivity index (χ0v) is 11.6. The number of benzene rings is 1. The van der Waals surface area contributed by atoms with Crippen molar-refractivity contribution >= 4 is 5.84 Å². The van der Waals surface area contributed by atoms with E-state index >= 15 is 0 Å². The van der Waals surface area contributed by atoms with Gasteiger partial charge in [0, 0.05) is 7.11 Å². The van der Waals surface area contributed by atoms with Gasteiger partial charge in [0.25, 0.3) is 0 Å². The second kappa shape index (κ2) is 7.20. The largest absolute Gasteiger partial charge is 0.437 e. The molecule has 0 bridgehead atoms. The molecule has 3 N–H and O–H groups in total. The van der Waals surface area contributed by atoms with Crippen molar-refractivity contribution in [1.29, 1.82) is 0 Å². The van der Waals surface area contributed by atoms with Crippen molar-refractivity contribution in [3.63, 3.8) is 0 Å². The lowest BCUT2D eigenvalue weighted by Gasteiger charge is -2.08. The summed E-state index contributed by atoms with van der Waals surface area (Å²) in [6.45, 7) is 0.665. The SMILES string of the molecule is COCCc1ccc(Oc2nnccc2/C(N)=N/O)cc1. The lowest BCUT2D eigenvalue weighted by molar-refractivity contribution is 0.202. The van der Waals surface area contributed by atoms with E-state index in [-0.39, 0.29) is 11.7 Å². The third-order valence-electron chi connectivity index (χ3n) is 2.80. The average molecular weight is 288 g/mol. The van der Waals surface area contributed by atoms with E-state index in [0.717, 1.165) is 12.0 Å². The van der Waals surface area contributed by atoms with Crippen LogP contribution in [-0.4, -0.2) is 35.0 Å². The highest BCUT2D eigenvalue weighted by Crippen LogP contribution is 2.22. The molecular weight excluding hydrogens is 272 g/mol. The summed E-state index contributed by atoms with van der Waals surface area (Å²) in [7, 11) is 1.67. The first-order valence-electron chi connectivity index (χ1n) is 6.30. The third-order valence-corrected chi connectivity index (χ3v) is 2.80. The van der Waals surface area contributed by atoms with Crippen LogP contribution in [0.15, 0.2) is 41.7 Å². The minimum Gasteiger partial charge on any atom is -0.437 e. The maximum Gasteiger partial charge on any atom is 0.250 e. The fraction of sp³-hybridized carbons (Fsp3) is 0.214. The summed E-state index contributed by atoms with van der Waals surface area (Å²) in [5, 5.41) is 19.3. The summed E-state index contributed by atoms with van der Waals surface area (Å²) in [6.07, 6.45) is 2.27. The van der Waals surface area contributed by atoms with Gasteiger partial charge < -0.3 is 20.4 Å². The van der Waals surface area contributed by atoms with Gasteiger partial charge in [0.2, 0.25) is 5.88 Å². The molecule has 1 aromatic carbocycles. The smallest absolute Gasteiger partial charge is 0.250 e. The number of hydrogen-bond donors (Lipinski definition) is 2. The highest BCUT2D eigenvalue weighted by molar-refractivity contribution is 5.98. The third kappa shape index (κ3) is 3.90. The topological polar surface area (TPSA) is 103 Å². The fourth-order valence-electron chi connectivity index (χ4n) is 1.70. The molecule has 7 nitrogen and oxygen atoms in total. The zero-order valence-electron chi connectivity index (χ0n) is 11.6. The molecule has 0 aliphatic rings. The Kier molecular flexibility index (Phi) is 5.05. The van der Waals surface area contributed by atoms with Crippen LogP contribution in [0.25, 0.3) is 0 Å². The number of nitrogens with two attached hydrogens (primary N) is 1. The Balaban J connectivity index is 2.15. The van der Waals surface area contributed by atoms with Gasteiger partial charge in [-0.05, 0) is 30.2 Å². The van der Waals surface area contributed by atoms with Crippen LogP contribution in [-0.2, 0) is 11.2 Å². The maximum atomic E-state index is 8.74. The van der Waals surface area contributed by atoms with E-state index < -0.39 is 0 Å². The Hall–Kier alpha value is -2.67. The second-order valence-electron chi connectivity index (χ2n) is 4.22. The van der Waals surface area contributed by atoms with Gasteiger partial charge >= 0.3 is 0 Å². The van der Waals surface area contributed by atoms with Crippen LogP contribution in [0, 0.1) is 0 Å². The molecule has 2 rings (SSSR count). The lowest BCUT2D eigenvalue weighted by atomic mass is 10.1. The number of oxime groups is 1.